The van der Waals surface area contributed by atoms with Gasteiger partial charge >= 0.3 is 12.4 Å². The Bertz CT molecular complexity index is 2900. The van der Waals surface area contributed by atoms with E-state index in [2.05, 4.69) is 0 Å². The van der Waals surface area contributed by atoms with Gasteiger partial charge in [0.2, 0.25) is 0 Å². The predicted molar refractivity (Wildman–Crippen MR) is 211 cm³/mol. The second kappa shape index (κ2) is 14.1. The van der Waals surface area contributed by atoms with Gasteiger partial charge in [-0.05, 0) is 65.2 Å². The van der Waals surface area contributed by atoms with Crippen molar-refractivity contribution in [1.82, 2.24) is 19.5 Å². The van der Waals surface area contributed by atoms with Crippen molar-refractivity contribution >= 4 is 21.8 Å². The van der Waals surface area contributed by atoms with Gasteiger partial charge in [-0.1, -0.05) is 115 Å². The predicted octanol–water partition coefficient (Wildman–Crippen LogP) is 13.5. The lowest BCUT2D eigenvalue weighted by Gasteiger charge is -2.17. The monoisotopic (exact) mass is 780 g/mol. The fourth-order valence-corrected chi connectivity index (χ4v) is 7.23. The molecule has 11 heteroatoms. The largest absolute Gasteiger partial charge is 0.416 e. The van der Waals surface area contributed by atoms with Crippen LogP contribution in [0.3, 0.4) is 0 Å². The van der Waals surface area contributed by atoms with E-state index in [1.54, 1.807) is 48.5 Å². The number of hydrogen-bond acceptors (Lipinski definition) is 3. The molecule has 0 amide bonds. The van der Waals surface area contributed by atoms with Crippen molar-refractivity contribution in [2.24, 2.45) is 0 Å². The van der Waals surface area contributed by atoms with Gasteiger partial charge in [0.05, 0.1) is 27.8 Å². The van der Waals surface area contributed by atoms with E-state index in [9.17, 15) is 26.3 Å². The molecule has 0 spiro atoms. The second-order valence-electron chi connectivity index (χ2n) is 13.6. The number of nitrogens with zero attached hydrogens (tertiary/aromatic N) is 4. The Morgan fingerprint density at radius 2 is 0.914 bits per heavy atom. The van der Waals surface area contributed by atoms with Crippen LogP contribution in [0.5, 0.6) is 0 Å². The van der Waals surface area contributed by atoms with Gasteiger partial charge in [0, 0.05) is 33.0 Å². The molecule has 58 heavy (non-hydrogen) atoms. The fraction of sp³-hybridized carbons (Fsp3) is 0.0426. The molecule has 2 heterocycles. The van der Waals surface area contributed by atoms with E-state index in [4.69, 9.17) is 15.0 Å². The van der Waals surface area contributed by atoms with Crippen molar-refractivity contribution in [3.8, 4) is 62.1 Å². The Morgan fingerprint density at radius 1 is 0.379 bits per heavy atom. The summed E-state index contributed by atoms with van der Waals surface area (Å²) in [6.07, 6.45) is -10.1. The number of alkyl halides is 6. The maximum Gasteiger partial charge on any atom is 0.416 e. The molecule has 9 aromatic rings. The molecule has 4 nitrogen and oxygen atoms in total. The number of hydrogen-bond donors (Lipinski definition) is 0. The smallest absolute Gasteiger partial charge is 0.308 e. The molecule has 0 aliphatic carbocycles. The lowest BCUT2D eigenvalue weighted by Crippen LogP contribution is -2.11. The van der Waals surface area contributed by atoms with Gasteiger partial charge in [0.25, 0.3) is 0 Å². The van der Waals surface area contributed by atoms with Crippen LogP contribution in [0.15, 0.2) is 164 Å². The molecule has 7 aromatic carbocycles. The van der Waals surface area contributed by atoms with Gasteiger partial charge in [0.15, 0.2) is 17.5 Å². The SMILES string of the molecule is Fc1ccccc1-c1ccc(-c2nc(-c3ccccc3)nc(-c3ccccc3)n2)c(-n2c3ccccc3c3ccc(-c4cc(C(F)(F)F)cc(C(F)(F)F)c4)cc32)c1. The minimum atomic E-state index is -5.03. The zero-order chi connectivity index (χ0) is 40.2. The van der Waals surface area contributed by atoms with Crippen LogP contribution in [0.4, 0.5) is 30.7 Å². The first kappa shape index (κ1) is 36.5. The summed E-state index contributed by atoms with van der Waals surface area (Å²) in [5.74, 6) is 0.595. The Balaban J connectivity index is 1.36. The number of fused-ring (bicyclic) bond motifs is 3. The molecule has 0 saturated heterocycles. The zero-order valence-electron chi connectivity index (χ0n) is 30.0. The summed E-state index contributed by atoms with van der Waals surface area (Å²) >= 11 is 0. The molecule has 0 N–H and O–H groups in total. The molecule has 0 saturated carbocycles. The van der Waals surface area contributed by atoms with E-state index in [-0.39, 0.29) is 23.0 Å². The van der Waals surface area contributed by atoms with Crippen molar-refractivity contribution < 1.29 is 30.7 Å². The number of benzene rings is 7. The molecule has 2 aromatic heterocycles. The highest BCUT2D eigenvalue weighted by molar-refractivity contribution is 6.10. The standard InChI is InChI=1S/C47H27F7N4/c48-39-17-9-7-15-35(39)31-20-22-38(45-56-43(28-11-3-1-4-12-28)55-44(57-45)29-13-5-2-6-14-29)42(26-31)58-40-18-10-8-16-36(40)37-21-19-30(25-41(37)58)32-23-33(46(49,50)51)27-34(24-32)47(52,53)54/h1-27H. The third-order valence-electron chi connectivity index (χ3n) is 9.96. The highest BCUT2D eigenvalue weighted by Crippen LogP contribution is 2.42. The van der Waals surface area contributed by atoms with Gasteiger partial charge in [-0.2, -0.15) is 26.3 Å². The zero-order valence-corrected chi connectivity index (χ0v) is 30.0. The first-order valence-electron chi connectivity index (χ1n) is 18.0. The van der Waals surface area contributed by atoms with Crippen molar-refractivity contribution in [1.29, 1.82) is 0 Å². The molecule has 0 bridgehead atoms. The summed E-state index contributed by atoms with van der Waals surface area (Å²) in [6, 6.07) is 44.1. The van der Waals surface area contributed by atoms with Crippen LogP contribution in [0.1, 0.15) is 11.1 Å². The maximum atomic E-state index is 15.4. The van der Waals surface area contributed by atoms with Gasteiger partial charge in [-0.3, -0.25) is 0 Å². The van der Waals surface area contributed by atoms with E-state index in [0.29, 0.717) is 62.6 Å². The third kappa shape index (κ3) is 6.74. The fourth-order valence-electron chi connectivity index (χ4n) is 7.23. The van der Waals surface area contributed by atoms with Crippen LogP contribution in [-0.2, 0) is 12.4 Å². The molecule has 0 fully saturated rings. The summed E-state index contributed by atoms with van der Waals surface area (Å²) in [6.45, 7) is 0. The minimum Gasteiger partial charge on any atom is -0.308 e. The Labute approximate surface area is 326 Å². The second-order valence-corrected chi connectivity index (χ2v) is 13.6. The van der Waals surface area contributed by atoms with Crippen LogP contribution in [0.2, 0.25) is 0 Å². The van der Waals surface area contributed by atoms with Crippen molar-refractivity contribution in [3.05, 3.63) is 181 Å². The Kier molecular flexibility index (Phi) is 8.88. The van der Waals surface area contributed by atoms with Crippen LogP contribution < -0.4 is 0 Å². The van der Waals surface area contributed by atoms with Crippen molar-refractivity contribution in [2.75, 3.05) is 0 Å². The van der Waals surface area contributed by atoms with Gasteiger partial charge in [-0.25, -0.2) is 19.3 Å². The molecule has 0 unspecified atom stereocenters. The van der Waals surface area contributed by atoms with Crippen LogP contribution in [-0.4, -0.2) is 19.5 Å². The minimum absolute atomic E-state index is 0.113. The summed E-state index contributed by atoms with van der Waals surface area (Å²) in [5, 5.41) is 1.44. The summed E-state index contributed by atoms with van der Waals surface area (Å²) in [4.78, 5) is 14.7. The normalized spacial score (nSPS) is 12.1. The molecular formula is C47H27F7N4. The topological polar surface area (TPSA) is 43.6 Å². The maximum absolute atomic E-state index is 15.4. The molecule has 0 atom stereocenters. The molecule has 0 aliphatic heterocycles. The van der Waals surface area contributed by atoms with Gasteiger partial charge in [0.1, 0.15) is 5.82 Å². The van der Waals surface area contributed by atoms with Gasteiger partial charge in [-0.15, -0.1) is 0 Å². The molecule has 284 valence electrons. The van der Waals surface area contributed by atoms with E-state index in [1.165, 1.54) is 12.1 Å². The number of rotatable bonds is 6. The molecular weight excluding hydrogens is 754 g/mol. The first-order chi connectivity index (χ1) is 27.9. The Morgan fingerprint density at radius 3 is 1.53 bits per heavy atom. The average Bonchev–Trinajstić information content (AvgIpc) is 3.57. The van der Waals surface area contributed by atoms with E-state index < -0.39 is 29.3 Å². The Hall–Kier alpha value is -7.14. The highest BCUT2D eigenvalue weighted by atomic mass is 19.4. The van der Waals surface area contributed by atoms with Crippen molar-refractivity contribution in [3.63, 3.8) is 0 Å². The summed E-state index contributed by atoms with van der Waals surface area (Å²) in [5.41, 5.74) is 1.42. The highest BCUT2D eigenvalue weighted by Gasteiger charge is 2.37. The number of aromatic nitrogens is 4. The van der Waals surface area contributed by atoms with Crippen LogP contribution in [0, 0.1) is 5.82 Å². The van der Waals surface area contributed by atoms with Gasteiger partial charge < -0.3 is 4.57 Å². The van der Waals surface area contributed by atoms with E-state index >= 15 is 4.39 Å². The lowest BCUT2D eigenvalue weighted by molar-refractivity contribution is -0.143. The quantitative estimate of drug-likeness (QED) is 0.158. The summed E-state index contributed by atoms with van der Waals surface area (Å²) in [7, 11) is 0. The van der Waals surface area contributed by atoms with E-state index in [1.807, 2.05) is 89.5 Å². The molecule has 0 radical (unpaired) electrons. The number of para-hydroxylation sites is 1. The molecule has 9 rings (SSSR count). The van der Waals surface area contributed by atoms with Crippen LogP contribution >= 0.6 is 0 Å². The average molecular weight is 781 g/mol. The van der Waals surface area contributed by atoms with E-state index in [0.717, 1.165) is 16.5 Å². The lowest BCUT2D eigenvalue weighted by atomic mass is 9.98. The number of halogens is 7. The molecule has 0 aliphatic rings. The first-order valence-corrected chi connectivity index (χ1v) is 18.0. The summed E-state index contributed by atoms with van der Waals surface area (Å²) < 4.78 is 101. The van der Waals surface area contributed by atoms with Crippen LogP contribution in [0.25, 0.3) is 83.9 Å². The van der Waals surface area contributed by atoms with Crippen molar-refractivity contribution in [2.45, 2.75) is 12.4 Å². The third-order valence-corrected chi connectivity index (χ3v) is 9.96.